The molecule has 0 bridgehead atoms. The zero-order chi connectivity index (χ0) is 14.3. The average molecular weight is 271 g/mol. The fourth-order valence-corrected chi connectivity index (χ4v) is 3.72. The topological polar surface area (TPSA) is 43.8 Å². The van der Waals surface area contributed by atoms with Crippen molar-refractivity contribution < 1.29 is 0 Å². The van der Waals surface area contributed by atoms with Crippen molar-refractivity contribution in [1.82, 2.24) is 9.55 Å². The maximum absolute atomic E-state index is 5.75. The second-order valence-electron chi connectivity index (χ2n) is 6.67. The second-order valence-corrected chi connectivity index (χ2v) is 6.67. The van der Waals surface area contributed by atoms with Crippen molar-refractivity contribution in [2.45, 2.75) is 59.0 Å². The number of nitrogens with zero attached hydrogens (tertiary/aromatic N) is 2. The van der Waals surface area contributed by atoms with E-state index in [-0.39, 0.29) is 0 Å². The first-order chi connectivity index (χ1) is 9.56. The van der Waals surface area contributed by atoms with Crippen LogP contribution in [-0.2, 0) is 13.1 Å². The van der Waals surface area contributed by atoms with E-state index in [1.54, 1.807) is 0 Å². The van der Waals surface area contributed by atoms with Crippen molar-refractivity contribution in [3.8, 4) is 0 Å². The Bertz CT molecular complexity index is 624. The lowest BCUT2D eigenvalue weighted by atomic mass is 9.81. The van der Waals surface area contributed by atoms with Crippen LogP contribution < -0.4 is 5.73 Å². The fraction of sp³-hybridized carbons (Fsp3) is 0.588. The number of nitrogens with two attached hydrogens (primary N) is 1. The average Bonchev–Trinajstić information content (AvgIpc) is 2.96. The highest BCUT2D eigenvalue weighted by molar-refractivity contribution is 5.77. The third-order valence-corrected chi connectivity index (χ3v) is 4.96. The minimum absolute atomic E-state index is 0.366. The summed E-state index contributed by atoms with van der Waals surface area (Å²) in [6.07, 6.45) is 3.89. The molecule has 1 aliphatic rings. The third-order valence-electron chi connectivity index (χ3n) is 4.96. The van der Waals surface area contributed by atoms with Crippen LogP contribution in [0, 0.1) is 5.41 Å². The van der Waals surface area contributed by atoms with E-state index in [2.05, 4.69) is 43.5 Å². The van der Waals surface area contributed by atoms with Crippen LogP contribution in [0.2, 0.25) is 0 Å². The Labute approximate surface area is 121 Å². The van der Waals surface area contributed by atoms with Gasteiger partial charge in [0.2, 0.25) is 0 Å². The zero-order valence-corrected chi connectivity index (χ0v) is 12.8. The quantitative estimate of drug-likeness (QED) is 0.922. The summed E-state index contributed by atoms with van der Waals surface area (Å²) in [5, 5.41) is 0. The Morgan fingerprint density at radius 3 is 2.80 bits per heavy atom. The van der Waals surface area contributed by atoms with E-state index in [0.29, 0.717) is 17.9 Å². The molecule has 1 unspecified atom stereocenters. The molecule has 3 heteroatoms. The van der Waals surface area contributed by atoms with E-state index in [0.717, 1.165) is 17.6 Å². The molecular formula is C17H25N3. The molecule has 0 aliphatic heterocycles. The highest BCUT2D eigenvalue weighted by Gasteiger charge is 2.38. The van der Waals surface area contributed by atoms with Crippen molar-refractivity contribution in [2.24, 2.45) is 11.1 Å². The molecule has 3 rings (SSSR count). The van der Waals surface area contributed by atoms with Gasteiger partial charge >= 0.3 is 0 Å². The van der Waals surface area contributed by atoms with Crippen LogP contribution in [0.3, 0.4) is 0 Å². The maximum atomic E-state index is 5.75. The van der Waals surface area contributed by atoms with Crippen LogP contribution in [0.25, 0.3) is 11.0 Å². The van der Waals surface area contributed by atoms with E-state index >= 15 is 0 Å². The van der Waals surface area contributed by atoms with Crippen LogP contribution in [0.4, 0.5) is 0 Å². The molecule has 1 atom stereocenters. The maximum Gasteiger partial charge on any atom is 0.113 e. The Balaban J connectivity index is 2.15. The molecule has 1 heterocycles. The number of benzene rings is 1. The van der Waals surface area contributed by atoms with Crippen LogP contribution in [0.15, 0.2) is 18.2 Å². The van der Waals surface area contributed by atoms with Crippen molar-refractivity contribution in [3.63, 3.8) is 0 Å². The van der Waals surface area contributed by atoms with Gasteiger partial charge in [-0.15, -0.1) is 0 Å². The lowest BCUT2D eigenvalue weighted by Gasteiger charge is -2.27. The summed E-state index contributed by atoms with van der Waals surface area (Å²) in [6, 6.07) is 6.45. The highest BCUT2D eigenvalue weighted by atomic mass is 15.1. The number of rotatable bonds is 3. The van der Waals surface area contributed by atoms with Crippen LogP contribution >= 0.6 is 0 Å². The predicted octanol–water partition coefficient (Wildman–Crippen LogP) is 3.81. The number of aryl methyl sites for hydroxylation is 1. The molecule has 108 valence electrons. The van der Waals surface area contributed by atoms with Gasteiger partial charge in [-0.05, 0) is 42.9 Å². The van der Waals surface area contributed by atoms with E-state index in [1.807, 2.05) is 0 Å². The summed E-state index contributed by atoms with van der Waals surface area (Å²) in [6.45, 7) is 8.55. The van der Waals surface area contributed by atoms with E-state index in [9.17, 15) is 0 Å². The van der Waals surface area contributed by atoms with Gasteiger partial charge in [0, 0.05) is 19.0 Å². The van der Waals surface area contributed by atoms with Crippen molar-refractivity contribution in [3.05, 3.63) is 29.6 Å². The number of hydrogen-bond donors (Lipinski definition) is 1. The van der Waals surface area contributed by atoms with Gasteiger partial charge in [0.25, 0.3) is 0 Å². The first kappa shape index (κ1) is 13.6. The molecule has 1 saturated carbocycles. The van der Waals surface area contributed by atoms with Gasteiger partial charge in [-0.2, -0.15) is 0 Å². The number of fused-ring (bicyclic) bond motifs is 1. The summed E-state index contributed by atoms with van der Waals surface area (Å²) in [5.41, 5.74) is 9.63. The molecule has 3 nitrogen and oxygen atoms in total. The lowest BCUT2D eigenvalue weighted by molar-refractivity contribution is 0.316. The minimum atomic E-state index is 0.366. The molecule has 0 amide bonds. The van der Waals surface area contributed by atoms with Gasteiger partial charge in [-0.25, -0.2) is 4.98 Å². The Morgan fingerprint density at radius 1 is 1.40 bits per heavy atom. The number of hydrogen-bond acceptors (Lipinski definition) is 2. The minimum Gasteiger partial charge on any atom is -0.328 e. The van der Waals surface area contributed by atoms with Gasteiger partial charge in [-0.1, -0.05) is 26.3 Å². The second kappa shape index (κ2) is 4.88. The first-order valence-electron chi connectivity index (χ1n) is 7.76. The van der Waals surface area contributed by atoms with Gasteiger partial charge in [-0.3, -0.25) is 0 Å². The molecule has 2 N–H and O–H groups in total. The zero-order valence-electron chi connectivity index (χ0n) is 12.8. The van der Waals surface area contributed by atoms with Gasteiger partial charge < -0.3 is 10.3 Å². The van der Waals surface area contributed by atoms with Crippen LogP contribution in [0.5, 0.6) is 0 Å². The summed E-state index contributed by atoms with van der Waals surface area (Å²) in [7, 11) is 0. The molecule has 2 aromatic rings. The molecule has 1 aromatic carbocycles. The SMILES string of the molecule is CCn1c(C2CCCC2(C)C)nc2cc(CN)ccc21. The summed E-state index contributed by atoms with van der Waals surface area (Å²) in [4.78, 5) is 4.98. The van der Waals surface area contributed by atoms with Gasteiger partial charge in [0.05, 0.1) is 11.0 Å². The Morgan fingerprint density at radius 2 is 2.20 bits per heavy atom. The van der Waals surface area contributed by atoms with E-state index in [1.165, 1.54) is 30.6 Å². The summed E-state index contributed by atoms with van der Waals surface area (Å²) >= 11 is 0. The molecule has 1 aromatic heterocycles. The molecule has 20 heavy (non-hydrogen) atoms. The molecule has 0 spiro atoms. The fourth-order valence-electron chi connectivity index (χ4n) is 3.72. The largest absolute Gasteiger partial charge is 0.328 e. The van der Waals surface area contributed by atoms with Crippen LogP contribution in [0.1, 0.15) is 57.3 Å². The van der Waals surface area contributed by atoms with E-state index < -0.39 is 0 Å². The van der Waals surface area contributed by atoms with Crippen molar-refractivity contribution in [1.29, 1.82) is 0 Å². The van der Waals surface area contributed by atoms with E-state index in [4.69, 9.17) is 10.7 Å². The molecule has 0 radical (unpaired) electrons. The van der Waals surface area contributed by atoms with Gasteiger partial charge in [0.1, 0.15) is 5.82 Å². The predicted molar refractivity (Wildman–Crippen MR) is 83.7 cm³/mol. The molecule has 0 saturated heterocycles. The Kier molecular flexibility index (Phi) is 3.33. The normalized spacial score (nSPS) is 21.7. The third kappa shape index (κ3) is 2.05. The molecule has 1 aliphatic carbocycles. The van der Waals surface area contributed by atoms with Crippen molar-refractivity contribution in [2.75, 3.05) is 0 Å². The highest BCUT2D eigenvalue weighted by Crippen LogP contribution is 2.48. The first-order valence-corrected chi connectivity index (χ1v) is 7.76. The summed E-state index contributed by atoms with van der Waals surface area (Å²) in [5.74, 6) is 1.86. The standard InChI is InChI=1S/C17H25N3/c1-4-20-15-8-7-12(11-18)10-14(15)19-16(20)13-6-5-9-17(13,2)3/h7-8,10,13H,4-6,9,11,18H2,1-3H3. The van der Waals surface area contributed by atoms with Crippen molar-refractivity contribution >= 4 is 11.0 Å². The lowest BCUT2D eigenvalue weighted by Crippen LogP contribution is -2.19. The van der Waals surface area contributed by atoms with Gasteiger partial charge in [0.15, 0.2) is 0 Å². The molecular weight excluding hydrogens is 246 g/mol. The monoisotopic (exact) mass is 271 g/mol. The Hall–Kier alpha value is -1.35. The molecule has 1 fully saturated rings. The smallest absolute Gasteiger partial charge is 0.113 e. The van der Waals surface area contributed by atoms with Crippen LogP contribution in [-0.4, -0.2) is 9.55 Å². The number of aromatic nitrogens is 2. The summed E-state index contributed by atoms with van der Waals surface area (Å²) < 4.78 is 2.40. The number of imidazole rings is 1.